The molecule has 0 fully saturated rings. The summed E-state index contributed by atoms with van der Waals surface area (Å²) >= 11 is 0. The number of hydrogen-bond donors (Lipinski definition) is 3. The van der Waals surface area contributed by atoms with Crippen LogP contribution in [0.4, 0.5) is 0 Å². The number of nitrogens with zero attached hydrogens (tertiary/aromatic N) is 1. The molecule has 0 radical (unpaired) electrons. The maximum atomic E-state index is 13.0. The van der Waals surface area contributed by atoms with Crippen molar-refractivity contribution < 1.29 is 32.9 Å². The Morgan fingerprint density at radius 3 is 1.11 bits per heavy atom. The lowest BCUT2D eigenvalue weighted by Gasteiger charge is -2.25. The molecule has 3 unspecified atom stereocenters. The number of phosphoric ester groups is 1. The number of aliphatic hydroxyl groups is 1. The molecule has 0 saturated carbocycles. The number of amides is 1. The first-order chi connectivity index (χ1) is 38.5. The van der Waals surface area contributed by atoms with Crippen molar-refractivity contribution in [2.45, 2.75) is 341 Å². The third-order valence-corrected chi connectivity index (χ3v) is 16.5. The zero-order valence-corrected chi connectivity index (χ0v) is 54.0. The molecule has 1 amide bonds. The smallest absolute Gasteiger partial charge is 0.387 e. The molecular formula is C70H134N2O6P+. The third-order valence-electron chi connectivity index (χ3n) is 15.5. The van der Waals surface area contributed by atoms with Crippen molar-refractivity contribution in [3.63, 3.8) is 0 Å². The first kappa shape index (κ1) is 77.2. The molecule has 0 bridgehead atoms. The first-order valence-electron chi connectivity index (χ1n) is 34.2. The first-order valence-corrected chi connectivity index (χ1v) is 35.7. The highest BCUT2D eigenvalue weighted by molar-refractivity contribution is 7.47. The summed E-state index contributed by atoms with van der Waals surface area (Å²) < 4.78 is 23.8. The van der Waals surface area contributed by atoms with Crippen LogP contribution in [0.1, 0.15) is 328 Å². The van der Waals surface area contributed by atoms with Crippen LogP contribution in [0.3, 0.4) is 0 Å². The van der Waals surface area contributed by atoms with E-state index in [2.05, 4.69) is 67.8 Å². The topological polar surface area (TPSA) is 105 Å². The number of nitrogens with one attached hydrogen (secondary N) is 1. The molecule has 0 saturated heterocycles. The highest BCUT2D eigenvalue weighted by Gasteiger charge is 2.28. The van der Waals surface area contributed by atoms with Crippen LogP contribution in [0, 0.1) is 0 Å². The number of carbonyl (C=O) groups is 1. The highest BCUT2D eigenvalue weighted by Crippen LogP contribution is 2.43. The van der Waals surface area contributed by atoms with Gasteiger partial charge in [0, 0.05) is 6.42 Å². The lowest BCUT2D eigenvalue weighted by molar-refractivity contribution is -0.870. The normalized spacial score (nSPS) is 14.1. The standard InChI is InChI=1S/C70H133N2O6P/c1-6-8-10-12-14-16-18-20-22-24-26-28-30-32-33-34-35-36-37-38-39-40-42-44-46-48-50-52-54-56-58-60-62-64-70(74)71-68(67-78-79(75,76)77-66-65-72(3,4)5)69(73)63-61-59-57-55-53-51-49-47-45-43-41-31-29-27-25-23-21-19-17-15-13-11-9-7-2/h8,10,14,16,20,22,26,28,61,63,68-69,73H,6-7,9,11-13,15,17-19,21,23-25,27,29-60,62,64-67H2,1-5H3,(H-,71,74,75,76)/p+1/b10-8-,16-14-,22-20-,28-26-,63-61+. The van der Waals surface area contributed by atoms with E-state index in [1.165, 1.54) is 244 Å². The number of quaternary nitrogens is 1. The van der Waals surface area contributed by atoms with E-state index < -0.39 is 20.0 Å². The fourth-order valence-corrected chi connectivity index (χ4v) is 11.0. The van der Waals surface area contributed by atoms with Gasteiger partial charge in [-0.25, -0.2) is 4.57 Å². The number of aliphatic hydroxyl groups excluding tert-OH is 1. The van der Waals surface area contributed by atoms with E-state index in [-0.39, 0.29) is 19.1 Å². The molecule has 0 heterocycles. The molecule has 0 aliphatic carbocycles. The van der Waals surface area contributed by atoms with Crippen molar-refractivity contribution >= 4 is 13.7 Å². The van der Waals surface area contributed by atoms with Crippen LogP contribution in [0.25, 0.3) is 0 Å². The van der Waals surface area contributed by atoms with Gasteiger partial charge in [-0.3, -0.25) is 13.8 Å². The Labute approximate surface area is 492 Å². The van der Waals surface area contributed by atoms with Crippen molar-refractivity contribution in [3.8, 4) is 0 Å². The van der Waals surface area contributed by atoms with Crippen LogP contribution < -0.4 is 5.32 Å². The van der Waals surface area contributed by atoms with E-state index in [1.54, 1.807) is 6.08 Å². The number of carbonyl (C=O) groups excluding carboxylic acids is 1. The van der Waals surface area contributed by atoms with Gasteiger partial charge in [-0.05, 0) is 57.8 Å². The Balaban J connectivity index is 4.04. The monoisotopic (exact) mass is 1130 g/mol. The predicted molar refractivity (Wildman–Crippen MR) is 346 cm³/mol. The second kappa shape index (κ2) is 60.8. The Kier molecular flexibility index (Phi) is 59.4. The molecule has 0 aromatic heterocycles. The van der Waals surface area contributed by atoms with Crippen molar-refractivity contribution in [1.29, 1.82) is 0 Å². The van der Waals surface area contributed by atoms with E-state index in [1.807, 2.05) is 27.2 Å². The fourth-order valence-electron chi connectivity index (χ4n) is 10.2. The number of allylic oxidation sites excluding steroid dienone is 9. The predicted octanol–water partition coefficient (Wildman–Crippen LogP) is 21.6. The number of unbranched alkanes of at least 4 members (excludes halogenated alkanes) is 42. The maximum absolute atomic E-state index is 13.0. The van der Waals surface area contributed by atoms with Gasteiger partial charge in [-0.15, -0.1) is 0 Å². The molecule has 464 valence electrons. The fraction of sp³-hybridized carbons (Fsp3) is 0.843. The molecule has 9 heteroatoms. The summed E-state index contributed by atoms with van der Waals surface area (Å²) in [5.74, 6) is -0.172. The van der Waals surface area contributed by atoms with E-state index >= 15 is 0 Å². The van der Waals surface area contributed by atoms with Crippen molar-refractivity contribution in [2.75, 3.05) is 40.9 Å². The summed E-state index contributed by atoms with van der Waals surface area (Å²) in [5, 5.41) is 14.0. The molecule has 0 spiro atoms. The third kappa shape index (κ3) is 63.6. The molecule has 0 aromatic rings. The zero-order valence-electron chi connectivity index (χ0n) is 53.1. The molecular weight excluding hydrogens is 996 g/mol. The van der Waals surface area contributed by atoms with Crippen LogP contribution in [-0.4, -0.2) is 73.4 Å². The van der Waals surface area contributed by atoms with Gasteiger partial charge in [0.2, 0.25) is 5.91 Å². The zero-order chi connectivity index (χ0) is 57.7. The van der Waals surface area contributed by atoms with Crippen LogP contribution in [0.5, 0.6) is 0 Å². The van der Waals surface area contributed by atoms with Crippen molar-refractivity contribution in [2.24, 2.45) is 0 Å². The summed E-state index contributed by atoms with van der Waals surface area (Å²) in [7, 11) is 1.58. The highest BCUT2D eigenvalue weighted by atomic mass is 31.2. The number of phosphoric acid groups is 1. The molecule has 0 aliphatic rings. The van der Waals surface area contributed by atoms with E-state index in [0.717, 1.165) is 64.2 Å². The summed E-state index contributed by atoms with van der Waals surface area (Å²) in [6, 6.07) is -0.848. The second-order valence-corrected chi connectivity index (χ2v) is 26.0. The van der Waals surface area contributed by atoms with E-state index in [0.29, 0.717) is 17.4 Å². The van der Waals surface area contributed by atoms with Crippen LogP contribution in [0.2, 0.25) is 0 Å². The van der Waals surface area contributed by atoms with Crippen LogP contribution in [-0.2, 0) is 18.4 Å². The SMILES string of the molecule is CC/C=C\C/C=C\C/C=C\C/C=C\CCCCCCCCCCCCCCCCCCCCCCC(=O)NC(COP(=O)(O)OCC[N+](C)(C)C)C(O)/C=C/CCCCCCCCCCCCCCCCCCCCCCCC. The van der Waals surface area contributed by atoms with Gasteiger partial charge in [0.25, 0.3) is 0 Å². The van der Waals surface area contributed by atoms with E-state index in [4.69, 9.17) is 9.05 Å². The molecule has 8 nitrogen and oxygen atoms in total. The molecule has 3 atom stereocenters. The van der Waals surface area contributed by atoms with Gasteiger partial charge in [-0.1, -0.05) is 325 Å². The van der Waals surface area contributed by atoms with Gasteiger partial charge >= 0.3 is 7.82 Å². The Bertz CT molecular complexity index is 1470. The van der Waals surface area contributed by atoms with Crippen LogP contribution >= 0.6 is 7.82 Å². The van der Waals surface area contributed by atoms with Crippen molar-refractivity contribution in [3.05, 3.63) is 60.8 Å². The number of hydrogen-bond acceptors (Lipinski definition) is 5. The van der Waals surface area contributed by atoms with Gasteiger partial charge < -0.3 is 19.8 Å². The summed E-state index contributed by atoms with van der Waals surface area (Å²) in [5.41, 5.74) is 0. The largest absolute Gasteiger partial charge is 0.472 e. The van der Waals surface area contributed by atoms with Crippen molar-refractivity contribution in [1.82, 2.24) is 5.32 Å². The van der Waals surface area contributed by atoms with Gasteiger partial charge in [0.15, 0.2) is 0 Å². The molecule has 0 aliphatic heterocycles. The maximum Gasteiger partial charge on any atom is 0.472 e. The summed E-state index contributed by atoms with van der Waals surface area (Å²) in [4.78, 5) is 23.4. The minimum Gasteiger partial charge on any atom is -0.387 e. The average molecular weight is 1130 g/mol. The molecule has 79 heavy (non-hydrogen) atoms. The quantitative estimate of drug-likeness (QED) is 0.0243. The minimum absolute atomic E-state index is 0.0623. The summed E-state index contributed by atoms with van der Waals surface area (Å²) in [6.07, 6.45) is 83.6. The second-order valence-electron chi connectivity index (χ2n) is 24.5. The molecule has 0 aromatic carbocycles. The average Bonchev–Trinajstić information content (AvgIpc) is 3.42. The molecule has 0 rings (SSSR count). The Morgan fingerprint density at radius 1 is 0.443 bits per heavy atom. The Hall–Kier alpha value is -1.80. The van der Waals surface area contributed by atoms with Crippen LogP contribution in [0.15, 0.2) is 60.8 Å². The van der Waals surface area contributed by atoms with Gasteiger partial charge in [-0.2, -0.15) is 0 Å². The Morgan fingerprint density at radius 2 is 0.759 bits per heavy atom. The van der Waals surface area contributed by atoms with E-state index in [9.17, 15) is 19.4 Å². The minimum atomic E-state index is -4.35. The van der Waals surface area contributed by atoms with Gasteiger partial charge in [0.1, 0.15) is 13.2 Å². The number of rotatable bonds is 63. The van der Waals surface area contributed by atoms with Gasteiger partial charge in [0.05, 0.1) is 39.9 Å². The summed E-state index contributed by atoms with van der Waals surface area (Å²) in [6.45, 7) is 4.75. The number of likely N-dealkylation sites (N-methyl/N-ethyl adjacent to an activating group) is 1. The lowest BCUT2D eigenvalue weighted by Crippen LogP contribution is -2.45. The molecule has 3 N–H and O–H groups in total. The lowest BCUT2D eigenvalue weighted by atomic mass is 10.0.